The lowest BCUT2D eigenvalue weighted by molar-refractivity contribution is -0.0106. The molecule has 1 fully saturated rings. The quantitative estimate of drug-likeness (QED) is 0.802. The maximum atomic E-state index is 5.49. The topological polar surface area (TPSA) is 47.3 Å². The van der Waals surface area contributed by atoms with Crippen molar-refractivity contribution in [1.82, 2.24) is 10.3 Å². The average molecular weight is 210 g/mol. The molecule has 0 spiro atoms. The minimum Gasteiger partial charge on any atom is -0.445 e. The van der Waals surface area contributed by atoms with Gasteiger partial charge in [0.25, 0.3) is 0 Å². The molecule has 1 aliphatic carbocycles. The summed E-state index contributed by atoms with van der Waals surface area (Å²) in [7, 11) is 0. The summed E-state index contributed by atoms with van der Waals surface area (Å²) in [6, 6.07) is 0.564. The summed E-state index contributed by atoms with van der Waals surface area (Å²) in [5.41, 5.74) is 0. The van der Waals surface area contributed by atoms with Crippen LogP contribution < -0.4 is 5.32 Å². The number of ether oxygens (including phenoxy) is 1. The SMILES string of the molecule is CCOC1CC(NCc2ncc(C)o2)C1. The van der Waals surface area contributed by atoms with Gasteiger partial charge in [-0.3, -0.25) is 0 Å². The molecule has 0 saturated heterocycles. The largest absolute Gasteiger partial charge is 0.445 e. The van der Waals surface area contributed by atoms with Crippen molar-refractivity contribution < 1.29 is 9.15 Å². The Morgan fingerprint density at radius 2 is 2.40 bits per heavy atom. The molecule has 1 heterocycles. The molecule has 0 amide bonds. The second-order valence-corrected chi connectivity index (χ2v) is 3.99. The molecule has 84 valence electrons. The Hall–Kier alpha value is -0.870. The van der Waals surface area contributed by atoms with Crippen LogP contribution in [-0.2, 0) is 11.3 Å². The lowest BCUT2D eigenvalue weighted by Crippen LogP contribution is -2.45. The maximum Gasteiger partial charge on any atom is 0.208 e. The summed E-state index contributed by atoms with van der Waals surface area (Å²) in [5.74, 6) is 1.64. The van der Waals surface area contributed by atoms with Crippen molar-refractivity contribution in [2.45, 2.75) is 45.4 Å². The van der Waals surface area contributed by atoms with Crippen molar-refractivity contribution in [2.24, 2.45) is 0 Å². The van der Waals surface area contributed by atoms with E-state index in [1.165, 1.54) is 0 Å². The fraction of sp³-hybridized carbons (Fsp3) is 0.727. The van der Waals surface area contributed by atoms with Gasteiger partial charge in [-0.1, -0.05) is 0 Å². The van der Waals surface area contributed by atoms with E-state index in [0.717, 1.165) is 37.6 Å². The van der Waals surface area contributed by atoms with Gasteiger partial charge in [0.2, 0.25) is 5.89 Å². The first kappa shape index (κ1) is 10.6. The van der Waals surface area contributed by atoms with Crippen molar-refractivity contribution in [3.63, 3.8) is 0 Å². The van der Waals surface area contributed by atoms with Gasteiger partial charge in [-0.15, -0.1) is 0 Å². The number of nitrogens with one attached hydrogen (secondary N) is 1. The summed E-state index contributed by atoms with van der Waals surface area (Å²) in [4.78, 5) is 4.14. The summed E-state index contributed by atoms with van der Waals surface area (Å²) in [5, 5.41) is 3.40. The molecule has 4 nitrogen and oxygen atoms in total. The monoisotopic (exact) mass is 210 g/mol. The molecule has 1 aromatic rings. The van der Waals surface area contributed by atoms with Gasteiger partial charge >= 0.3 is 0 Å². The molecule has 2 rings (SSSR count). The normalized spacial score (nSPS) is 25.2. The predicted octanol–water partition coefficient (Wildman–Crippen LogP) is 1.64. The highest BCUT2D eigenvalue weighted by atomic mass is 16.5. The zero-order valence-corrected chi connectivity index (χ0v) is 9.32. The number of aromatic nitrogens is 1. The van der Waals surface area contributed by atoms with Crippen LogP contribution in [0.5, 0.6) is 0 Å². The number of rotatable bonds is 5. The lowest BCUT2D eigenvalue weighted by Gasteiger charge is -2.35. The van der Waals surface area contributed by atoms with Crippen LogP contribution in [-0.4, -0.2) is 23.7 Å². The second kappa shape index (κ2) is 4.77. The van der Waals surface area contributed by atoms with Crippen molar-refractivity contribution in [1.29, 1.82) is 0 Å². The number of aryl methyl sites for hydroxylation is 1. The van der Waals surface area contributed by atoms with Gasteiger partial charge in [0.1, 0.15) is 5.76 Å². The fourth-order valence-electron chi connectivity index (χ4n) is 1.82. The Labute approximate surface area is 90.0 Å². The molecular formula is C11H18N2O2. The van der Waals surface area contributed by atoms with E-state index in [2.05, 4.69) is 10.3 Å². The first-order valence-corrected chi connectivity index (χ1v) is 5.54. The first-order chi connectivity index (χ1) is 7.28. The van der Waals surface area contributed by atoms with Crippen molar-refractivity contribution in [3.05, 3.63) is 17.8 Å². The molecule has 0 bridgehead atoms. The van der Waals surface area contributed by atoms with Crippen molar-refractivity contribution in [3.8, 4) is 0 Å². The molecule has 1 N–H and O–H groups in total. The molecule has 1 saturated carbocycles. The van der Waals surface area contributed by atoms with Gasteiger partial charge in [-0.2, -0.15) is 0 Å². The van der Waals surface area contributed by atoms with Gasteiger partial charge in [0.15, 0.2) is 0 Å². The molecule has 0 unspecified atom stereocenters. The van der Waals surface area contributed by atoms with E-state index < -0.39 is 0 Å². The Morgan fingerprint density at radius 1 is 1.60 bits per heavy atom. The Bertz CT molecular complexity index is 305. The van der Waals surface area contributed by atoms with E-state index in [4.69, 9.17) is 9.15 Å². The van der Waals surface area contributed by atoms with Gasteiger partial charge in [0.05, 0.1) is 18.8 Å². The minimum absolute atomic E-state index is 0.457. The zero-order valence-electron chi connectivity index (χ0n) is 9.32. The molecule has 0 radical (unpaired) electrons. The van der Waals surface area contributed by atoms with Crippen molar-refractivity contribution in [2.75, 3.05) is 6.61 Å². The van der Waals surface area contributed by atoms with Gasteiger partial charge in [-0.25, -0.2) is 4.98 Å². The number of hydrogen-bond donors (Lipinski definition) is 1. The number of nitrogens with zero attached hydrogens (tertiary/aromatic N) is 1. The Kier molecular flexibility index (Phi) is 3.38. The van der Waals surface area contributed by atoms with Crippen LogP contribution in [0.3, 0.4) is 0 Å². The molecule has 0 atom stereocenters. The van der Waals surface area contributed by atoms with Gasteiger partial charge < -0.3 is 14.5 Å². The molecule has 15 heavy (non-hydrogen) atoms. The van der Waals surface area contributed by atoms with E-state index in [-0.39, 0.29) is 0 Å². The number of hydrogen-bond acceptors (Lipinski definition) is 4. The molecule has 0 aliphatic heterocycles. The van der Waals surface area contributed by atoms with Gasteiger partial charge in [-0.05, 0) is 26.7 Å². The first-order valence-electron chi connectivity index (χ1n) is 5.54. The van der Waals surface area contributed by atoms with Crippen LogP contribution in [0.15, 0.2) is 10.6 Å². The summed E-state index contributed by atoms with van der Waals surface area (Å²) in [6.07, 6.45) is 4.42. The number of oxazole rings is 1. The third-order valence-corrected chi connectivity index (χ3v) is 2.71. The third-order valence-electron chi connectivity index (χ3n) is 2.71. The molecular weight excluding hydrogens is 192 g/mol. The average Bonchev–Trinajstić information content (AvgIpc) is 2.55. The lowest BCUT2D eigenvalue weighted by atomic mass is 9.89. The molecule has 1 aromatic heterocycles. The van der Waals surface area contributed by atoms with Crippen LogP contribution in [0.2, 0.25) is 0 Å². The molecule has 4 heteroatoms. The highest BCUT2D eigenvalue weighted by molar-refractivity contribution is 4.92. The van der Waals surface area contributed by atoms with Crippen LogP contribution in [0.1, 0.15) is 31.4 Å². The zero-order chi connectivity index (χ0) is 10.7. The maximum absolute atomic E-state index is 5.49. The van der Waals surface area contributed by atoms with Gasteiger partial charge in [0, 0.05) is 12.6 Å². The highest BCUT2D eigenvalue weighted by Crippen LogP contribution is 2.23. The van der Waals surface area contributed by atoms with Crippen molar-refractivity contribution >= 4 is 0 Å². The highest BCUT2D eigenvalue weighted by Gasteiger charge is 2.29. The van der Waals surface area contributed by atoms with Crippen LogP contribution in [0.25, 0.3) is 0 Å². The summed E-state index contributed by atoms with van der Waals surface area (Å²) < 4.78 is 10.9. The molecule has 1 aliphatic rings. The van der Waals surface area contributed by atoms with E-state index in [9.17, 15) is 0 Å². The van der Waals surface area contributed by atoms with E-state index in [1.54, 1.807) is 6.20 Å². The smallest absolute Gasteiger partial charge is 0.208 e. The van der Waals surface area contributed by atoms with E-state index in [0.29, 0.717) is 12.1 Å². The van der Waals surface area contributed by atoms with Crippen LogP contribution >= 0.6 is 0 Å². The van der Waals surface area contributed by atoms with E-state index >= 15 is 0 Å². The fourth-order valence-corrected chi connectivity index (χ4v) is 1.82. The Balaban J connectivity index is 1.64. The molecule has 0 aromatic carbocycles. The van der Waals surface area contributed by atoms with Crippen LogP contribution in [0.4, 0.5) is 0 Å². The summed E-state index contributed by atoms with van der Waals surface area (Å²) >= 11 is 0. The standard InChI is InChI=1S/C11H18N2O2/c1-3-14-10-4-9(5-10)12-7-11-13-6-8(2)15-11/h6,9-10,12H,3-5,7H2,1-2H3. The minimum atomic E-state index is 0.457. The Morgan fingerprint density at radius 3 is 3.00 bits per heavy atom. The predicted molar refractivity (Wildman–Crippen MR) is 56.5 cm³/mol. The van der Waals surface area contributed by atoms with E-state index in [1.807, 2.05) is 13.8 Å². The second-order valence-electron chi connectivity index (χ2n) is 3.99. The third kappa shape index (κ3) is 2.79. The van der Waals surface area contributed by atoms with Crippen LogP contribution in [0, 0.1) is 6.92 Å². The summed E-state index contributed by atoms with van der Waals surface area (Å²) in [6.45, 7) is 5.48.